The van der Waals surface area contributed by atoms with Crippen LogP contribution < -0.4 is 4.31 Å². The molecule has 1 aromatic carbocycles. The third-order valence-corrected chi connectivity index (χ3v) is 7.73. The van der Waals surface area contributed by atoms with Gasteiger partial charge in [0, 0.05) is 13.1 Å². The van der Waals surface area contributed by atoms with E-state index in [0.29, 0.717) is 0 Å². The number of carbonyl (C=O) groups is 2. The lowest BCUT2D eigenvalue weighted by Gasteiger charge is -2.26. The summed E-state index contributed by atoms with van der Waals surface area (Å²) in [6.45, 7) is 0.153. The van der Waals surface area contributed by atoms with E-state index in [9.17, 15) is 48.4 Å². The van der Waals surface area contributed by atoms with Gasteiger partial charge in [0.1, 0.15) is 5.25 Å². The number of nitrogens with zero attached hydrogens (tertiary/aromatic N) is 2. The number of amides is 2. The van der Waals surface area contributed by atoms with Crippen molar-refractivity contribution >= 4 is 37.5 Å². The molecule has 0 spiro atoms. The first-order valence-corrected chi connectivity index (χ1v) is 12.4. The summed E-state index contributed by atoms with van der Waals surface area (Å²) >= 11 is 0. The maximum atomic E-state index is 13.3. The Morgan fingerprint density at radius 3 is 2.36 bits per heavy atom. The highest BCUT2D eigenvalue weighted by Gasteiger charge is 2.54. The highest BCUT2D eigenvalue weighted by atomic mass is 32.2. The molecular formula is C17H19F5N2O7S2. The molecule has 0 N–H and O–H groups in total. The summed E-state index contributed by atoms with van der Waals surface area (Å²) in [5.41, 5.74) is -6.96. The number of para-hydroxylation sites is 1. The van der Waals surface area contributed by atoms with Crippen molar-refractivity contribution in [3.63, 3.8) is 0 Å². The minimum absolute atomic E-state index is 0.176. The number of rotatable bonds is 8. The number of halogens is 5. The largest absolute Gasteiger partial charge is 0.517 e. The number of hydrogen-bond acceptors (Lipinski definition) is 7. The zero-order valence-electron chi connectivity index (χ0n) is 17.0. The predicted molar refractivity (Wildman–Crippen MR) is 104 cm³/mol. The number of sulfone groups is 1. The van der Waals surface area contributed by atoms with Crippen LogP contribution in [0.5, 0.6) is 0 Å². The molecule has 1 saturated heterocycles. The van der Waals surface area contributed by atoms with Crippen LogP contribution in [0.3, 0.4) is 0 Å². The summed E-state index contributed by atoms with van der Waals surface area (Å²) in [6.07, 6.45) is -2.15. The van der Waals surface area contributed by atoms with Gasteiger partial charge in [-0.3, -0.25) is 4.79 Å². The lowest BCUT2D eigenvalue weighted by Crippen LogP contribution is -2.45. The highest BCUT2D eigenvalue weighted by molar-refractivity contribution is 7.94. The Morgan fingerprint density at radius 2 is 1.82 bits per heavy atom. The Labute approximate surface area is 186 Å². The average molecular weight is 522 g/mol. The predicted octanol–water partition coefficient (Wildman–Crippen LogP) is 2.63. The van der Waals surface area contributed by atoms with E-state index in [1.54, 1.807) is 0 Å². The molecule has 0 saturated carbocycles. The van der Waals surface area contributed by atoms with Gasteiger partial charge in [-0.1, -0.05) is 25.1 Å². The SMILES string of the molecule is CCCOC(=O)N(c1ccccc1CN1CCC(S(=O)(=O)C(F)F)C1=O)S(=O)(=O)C(F)(F)F. The Morgan fingerprint density at radius 1 is 1.21 bits per heavy atom. The molecule has 1 heterocycles. The van der Waals surface area contributed by atoms with Crippen LogP contribution in [0.15, 0.2) is 24.3 Å². The van der Waals surface area contributed by atoms with Gasteiger partial charge in [-0.25, -0.2) is 13.2 Å². The molecule has 33 heavy (non-hydrogen) atoms. The lowest BCUT2D eigenvalue weighted by atomic mass is 10.1. The van der Waals surface area contributed by atoms with Gasteiger partial charge in [0.25, 0.3) is 0 Å². The monoisotopic (exact) mass is 522 g/mol. The van der Waals surface area contributed by atoms with E-state index in [-0.39, 0.29) is 25.1 Å². The summed E-state index contributed by atoms with van der Waals surface area (Å²) in [5, 5.41) is -2.05. The second kappa shape index (κ2) is 9.79. The molecule has 0 aliphatic carbocycles. The van der Waals surface area contributed by atoms with Gasteiger partial charge in [0.2, 0.25) is 15.7 Å². The van der Waals surface area contributed by atoms with E-state index in [0.717, 1.165) is 23.1 Å². The molecule has 1 atom stereocenters. The van der Waals surface area contributed by atoms with Crippen LogP contribution in [-0.4, -0.2) is 63.4 Å². The summed E-state index contributed by atoms with van der Waals surface area (Å²) in [6, 6.07) is 4.35. The van der Waals surface area contributed by atoms with Gasteiger partial charge in [0.15, 0.2) is 0 Å². The van der Waals surface area contributed by atoms with Crippen LogP contribution in [0.4, 0.5) is 32.4 Å². The average Bonchev–Trinajstić information content (AvgIpc) is 3.07. The van der Waals surface area contributed by atoms with Crippen molar-refractivity contribution < 1.29 is 53.1 Å². The number of benzene rings is 1. The maximum absolute atomic E-state index is 13.3. The number of anilines is 1. The zero-order chi connectivity index (χ0) is 25.2. The van der Waals surface area contributed by atoms with Crippen LogP contribution in [0, 0.1) is 0 Å². The molecule has 2 rings (SSSR count). The van der Waals surface area contributed by atoms with E-state index in [1.165, 1.54) is 13.0 Å². The number of alkyl halides is 5. The molecule has 1 aromatic rings. The Balaban J connectivity index is 2.47. The van der Waals surface area contributed by atoms with Crippen LogP contribution >= 0.6 is 0 Å². The number of carbonyl (C=O) groups excluding carboxylic acids is 2. The number of likely N-dealkylation sites (tertiary alicyclic amines) is 1. The van der Waals surface area contributed by atoms with Crippen molar-refractivity contribution in [3.05, 3.63) is 29.8 Å². The minimum Gasteiger partial charge on any atom is -0.448 e. The van der Waals surface area contributed by atoms with Gasteiger partial charge in [-0.05, 0) is 24.5 Å². The molecule has 1 aliphatic heterocycles. The molecule has 1 fully saturated rings. The molecule has 186 valence electrons. The van der Waals surface area contributed by atoms with Gasteiger partial charge in [0.05, 0.1) is 12.3 Å². The van der Waals surface area contributed by atoms with Crippen LogP contribution in [0.25, 0.3) is 0 Å². The third-order valence-electron chi connectivity index (χ3n) is 4.59. The molecule has 0 bridgehead atoms. The second-order valence-corrected chi connectivity index (χ2v) is 10.7. The zero-order valence-corrected chi connectivity index (χ0v) is 18.6. The fourth-order valence-electron chi connectivity index (χ4n) is 3.02. The first kappa shape index (κ1) is 26.8. The normalized spacial score (nSPS) is 17.5. The van der Waals surface area contributed by atoms with Crippen molar-refractivity contribution in [2.45, 2.75) is 42.8 Å². The Kier molecular flexibility index (Phi) is 7.94. The van der Waals surface area contributed by atoms with E-state index in [1.807, 2.05) is 0 Å². The second-order valence-electron chi connectivity index (χ2n) is 6.85. The number of ether oxygens (including phenoxy) is 1. The smallest absolute Gasteiger partial charge is 0.448 e. The van der Waals surface area contributed by atoms with Crippen molar-refractivity contribution in [1.29, 1.82) is 0 Å². The molecule has 1 aliphatic rings. The lowest BCUT2D eigenvalue weighted by molar-refractivity contribution is -0.127. The molecule has 0 radical (unpaired) electrons. The van der Waals surface area contributed by atoms with E-state index >= 15 is 0 Å². The molecule has 9 nitrogen and oxygen atoms in total. The van der Waals surface area contributed by atoms with Crippen LogP contribution in [-0.2, 0) is 35.9 Å². The van der Waals surface area contributed by atoms with Gasteiger partial charge < -0.3 is 9.64 Å². The standard InChI is InChI=1S/C17H19F5N2O7S2/c1-2-9-31-16(26)24(33(29,30)17(20,21)22)12-6-4-3-5-11(12)10-23-8-7-13(14(23)25)32(27,28)15(18)19/h3-6,13,15H,2,7-10H2,1H3. The molecule has 0 aromatic heterocycles. The van der Waals surface area contributed by atoms with Gasteiger partial charge in [-0.15, -0.1) is 0 Å². The topological polar surface area (TPSA) is 118 Å². The van der Waals surface area contributed by atoms with Crippen molar-refractivity contribution in [1.82, 2.24) is 4.90 Å². The fraction of sp³-hybridized carbons (Fsp3) is 0.529. The summed E-state index contributed by atoms with van der Waals surface area (Å²) in [4.78, 5) is 25.4. The van der Waals surface area contributed by atoms with Crippen molar-refractivity contribution in [3.8, 4) is 0 Å². The third kappa shape index (κ3) is 5.37. The molecule has 1 unspecified atom stereocenters. The first-order chi connectivity index (χ1) is 15.2. The van der Waals surface area contributed by atoms with E-state index in [2.05, 4.69) is 4.74 Å². The summed E-state index contributed by atoms with van der Waals surface area (Å²) in [5.74, 6) is -5.02. The summed E-state index contributed by atoms with van der Waals surface area (Å²) in [7, 11) is -11.4. The number of hydrogen-bond donors (Lipinski definition) is 0. The molecule has 16 heteroatoms. The van der Waals surface area contributed by atoms with Crippen molar-refractivity contribution in [2.24, 2.45) is 0 Å². The number of sulfonamides is 1. The van der Waals surface area contributed by atoms with Gasteiger partial charge >= 0.3 is 27.4 Å². The summed E-state index contributed by atoms with van der Waals surface area (Å²) < 4.78 is 117. The fourth-order valence-corrected chi connectivity index (χ4v) is 5.03. The van der Waals surface area contributed by atoms with Gasteiger partial charge in [-0.2, -0.15) is 34.7 Å². The van der Waals surface area contributed by atoms with E-state index < -0.39 is 71.3 Å². The van der Waals surface area contributed by atoms with Crippen LogP contribution in [0.1, 0.15) is 25.3 Å². The quantitative estimate of drug-likeness (QED) is 0.482. The highest BCUT2D eigenvalue weighted by Crippen LogP contribution is 2.35. The van der Waals surface area contributed by atoms with Crippen LogP contribution in [0.2, 0.25) is 0 Å². The first-order valence-electron chi connectivity index (χ1n) is 9.32. The van der Waals surface area contributed by atoms with Crippen molar-refractivity contribution in [2.75, 3.05) is 17.5 Å². The Hall–Kier alpha value is -2.49. The molecule has 2 amide bonds. The Bertz CT molecular complexity index is 1110. The molecular weight excluding hydrogens is 503 g/mol. The minimum atomic E-state index is -6.28. The van der Waals surface area contributed by atoms with E-state index in [4.69, 9.17) is 0 Å². The maximum Gasteiger partial charge on any atom is 0.517 e.